The van der Waals surface area contributed by atoms with Gasteiger partial charge in [-0.1, -0.05) is 13.3 Å². The molecule has 2 rings (SSSR count). The third-order valence-corrected chi connectivity index (χ3v) is 5.34. The molecule has 0 amide bonds. The summed E-state index contributed by atoms with van der Waals surface area (Å²) in [7, 11) is 0. The smallest absolute Gasteiger partial charge is 0.321 e. The van der Waals surface area contributed by atoms with Gasteiger partial charge in [-0.05, 0) is 31.6 Å². The van der Waals surface area contributed by atoms with E-state index in [2.05, 4.69) is 11.8 Å². The van der Waals surface area contributed by atoms with Crippen molar-refractivity contribution in [2.75, 3.05) is 18.1 Å². The molecule has 1 aliphatic heterocycles. The van der Waals surface area contributed by atoms with E-state index in [4.69, 9.17) is 0 Å². The number of carbonyl (C=O) groups is 1. The Bertz CT molecular complexity index is 264. The highest BCUT2D eigenvalue weighted by Gasteiger charge is 2.35. The average molecular weight is 257 g/mol. The first kappa shape index (κ1) is 13.2. The minimum atomic E-state index is -0.630. The summed E-state index contributed by atoms with van der Waals surface area (Å²) >= 11 is 1.78. The van der Waals surface area contributed by atoms with E-state index >= 15 is 0 Å². The summed E-state index contributed by atoms with van der Waals surface area (Å²) in [6.07, 6.45) is 6.26. The van der Waals surface area contributed by atoms with Crippen molar-refractivity contribution in [3.63, 3.8) is 0 Å². The second kappa shape index (κ2) is 6.10. The zero-order valence-corrected chi connectivity index (χ0v) is 11.4. The van der Waals surface area contributed by atoms with Gasteiger partial charge in [-0.3, -0.25) is 9.69 Å². The van der Waals surface area contributed by atoms with Gasteiger partial charge in [-0.15, -0.1) is 0 Å². The maximum atomic E-state index is 11.3. The zero-order chi connectivity index (χ0) is 12.3. The second-order valence-corrected chi connectivity index (χ2v) is 6.40. The number of carboxylic acid groups (broad SMARTS) is 1. The van der Waals surface area contributed by atoms with E-state index in [-0.39, 0.29) is 6.04 Å². The minimum absolute atomic E-state index is 0.239. The van der Waals surface area contributed by atoms with E-state index in [0.29, 0.717) is 6.04 Å². The van der Waals surface area contributed by atoms with E-state index in [0.717, 1.165) is 24.0 Å². The Balaban J connectivity index is 1.93. The van der Waals surface area contributed by atoms with E-state index < -0.39 is 5.97 Å². The van der Waals surface area contributed by atoms with E-state index in [9.17, 15) is 9.90 Å². The number of nitrogens with zero attached hydrogens (tertiary/aromatic N) is 1. The Hall–Kier alpha value is -0.220. The van der Waals surface area contributed by atoms with Crippen LogP contribution in [-0.2, 0) is 4.79 Å². The number of aliphatic carboxylic acids is 1. The van der Waals surface area contributed by atoms with Crippen molar-refractivity contribution in [1.82, 2.24) is 4.90 Å². The molecule has 1 heterocycles. The van der Waals surface area contributed by atoms with Crippen LogP contribution in [0.3, 0.4) is 0 Å². The van der Waals surface area contributed by atoms with Crippen LogP contribution in [-0.4, -0.2) is 46.1 Å². The summed E-state index contributed by atoms with van der Waals surface area (Å²) in [6.45, 7) is 3.23. The first-order valence-corrected chi connectivity index (χ1v) is 7.94. The van der Waals surface area contributed by atoms with Crippen molar-refractivity contribution < 1.29 is 9.90 Å². The minimum Gasteiger partial charge on any atom is -0.480 e. The molecule has 1 aliphatic carbocycles. The topological polar surface area (TPSA) is 40.5 Å². The zero-order valence-electron chi connectivity index (χ0n) is 10.6. The maximum Gasteiger partial charge on any atom is 0.321 e. The molecular formula is C13H23NO2S. The molecule has 1 unspecified atom stereocenters. The summed E-state index contributed by atoms with van der Waals surface area (Å²) in [6, 6.07) is 0.289. The van der Waals surface area contributed by atoms with Crippen molar-refractivity contribution in [2.45, 2.75) is 51.1 Å². The van der Waals surface area contributed by atoms with Crippen LogP contribution in [0.15, 0.2) is 0 Å². The summed E-state index contributed by atoms with van der Waals surface area (Å²) in [4.78, 5) is 13.5. The van der Waals surface area contributed by atoms with Gasteiger partial charge in [-0.2, -0.15) is 11.8 Å². The first-order valence-electron chi connectivity index (χ1n) is 6.78. The van der Waals surface area contributed by atoms with Gasteiger partial charge in [0.1, 0.15) is 6.04 Å². The highest BCUT2D eigenvalue weighted by Crippen LogP contribution is 2.32. The lowest BCUT2D eigenvalue weighted by molar-refractivity contribution is -0.143. The molecule has 2 fully saturated rings. The second-order valence-electron chi connectivity index (χ2n) is 5.25. The van der Waals surface area contributed by atoms with E-state index in [1.807, 2.05) is 0 Å². The molecule has 1 N–H and O–H groups in total. The van der Waals surface area contributed by atoms with Gasteiger partial charge in [-0.25, -0.2) is 0 Å². The molecule has 3 nitrogen and oxygen atoms in total. The molecule has 2 aliphatic rings. The number of carboxylic acids is 1. The predicted octanol–water partition coefficient (Wildman–Crippen LogP) is 2.46. The highest BCUT2D eigenvalue weighted by molar-refractivity contribution is 7.99. The molecule has 1 saturated heterocycles. The molecule has 0 radical (unpaired) electrons. The molecular weight excluding hydrogens is 234 g/mol. The molecule has 0 aromatic carbocycles. The van der Waals surface area contributed by atoms with Crippen LogP contribution in [0, 0.1) is 5.92 Å². The quantitative estimate of drug-likeness (QED) is 0.843. The van der Waals surface area contributed by atoms with Gasteiger partial charge in [0.15, 0.2) is 0 Å². The van der Waals surface area contributed by atoms with Gasteiger partial charge in [0.2, 0.25) is 0 Å². The van der Waals surface area contributed by atoms with Crippen molar-refractivity contribution in [3.8, 4) is 0 Å². The molecule has 1 saturated carbocycles. The van der Waals surface area contributed by atoms with Crippen molar-refractivity contribution >= 4 is 17.7 Å². The summed E-state index contributed by atoms with van der Waals surface area (Å²) in [5, 5.41) is 9.28. The predicted molar refractivity (Wildman–Crippen MR) is 71.5 cm³/mol. The van der Waals surface area contributed by atoms with Crippen molar-refractivity contribution in [2.24, 2.45) is 5.92 Å². The standard InChI is InChI=1S/C13H23NO2S/c1-2-10-3-5-11(6-4-10)14-7-8-17-9-12(14)13(15)16/h10-12H,2-9H2,1H3,(H,15,16). The number of hydrogen-bond donors (Lipinski definition) is 1. The van der Waals surface area contributed by atoms with E-state index in [1.54, 1.807) is 11.8 Å². The normalized spacial score (nSPS) is 35.7. The van der Waals surface area contributed by atoms with Crippen LogP contribution in [0.4, 0.5) is 0 Å². The third kappa shape index (κ3) is 3.16. The van der Waals surface area contributed by atoms with Gasteiger partial charge in [0.25, 0.3) is 0 Å². The van der Waals surface area contributed by atoms with Crippen LogP contribution >= 0.6 is 11.8 Å². The molecule has 98 valence electrons. The molecule has 0 bridgehead atoms. The maximum absolute atomic E-state index is 11.3. The van der Waals surface area contributed by atoms with Gasteiger partial charge < -0.3 is 5.11 Å². The van der Waals surface area contributed by atoms with Crippen LogP contribution < -0.4 is 0 Å². The number of hydrogen-bond acceptors (Lipinski definition) is 3. The Morgan fingerprint density at radius 2 is 2.06 bits per heavy atom. The lowest BCUT2D eigenvalue weighted by Gasteiger charge is -2.41. The van der Waals surface area contributed by atoms with Crippen LogP contribution in [0.25, 0.3) is 0 Å². The Labute approximate surface area is 108 Å². The molecule has 0 aromatic heterocycles. The van der Waals surface area contributed by atoms with Crippen LogP contribution in [0.1, 0.15) is 39.0 Å². The summed E-state index contributed by atoms with van der Waals surface area (Å²) < 4.78 is 0. The van der Waals surface area contributed by atoms with Gasteiger partial charge in [0, 0.05) is 24.1 Å². The fraction of sp³-hybridized carbons (Fsp3) is 0.923. The Kier molecular flexibility index (Phi) is 4.74. The summed E-state index contributed by atoms with van der Waals surface area (Å²) in [5.74, 6) is 2.11. The number of rotatable bonds is 3. The van der Waals surface area contributed by atoms with Crippen LogP contribution in [0.2, 0.25) is 0 Å². The number of thioether (sulfide) groups is 1. The SMILES string of the molecule is CCC1CCC(N2CCSCC2C(=O)O)CC1. The van der Waals surface area contributed by atoms with E-state index in [1.165, 1.54) is 32.1 Å². The first-order chi connectivity index (χ1) is 8.22. The lowest BCUT2D eigenvalue weighted by atomic mass is 9.83. The lowest BCUT2D eigenvalue weighted by Crippen LogP contribution is -2.53. The monoisotopic (exact) mass is 257 g/mol. The summed E-state index contributed by atoms with van der Waals surface area (Å²) in [5.41, 5.74) is 0. The molecule has 0 aromatic rings. The van der Waals surface area contributed by atoms with Gasteiger partial charge >= 0.3 is 5.97 Å². The fourth-order valence-corrected chi connectivity index (χ4v) is 4.22. The fourth-order valence-electron chi connectivity index (χ4n) is 3.15. The molecule has 4 heteroatoms. The molecule has 0 spiro atoms. The van der Waals surface area contributed by atoms with Crippen LogP contribution in [0.5, 0.6) is 0 Å². The highest BCUT2D eigenvalue weighted by atomic mass is 32.2. The average Bonchev–Trinajstić information content (AvgIpc) is 2.39. The molecule has 17 heavy (non-hydrogen) atoms. The third-order valence-electron chi connectivity index (χ3n) is 4.32. The van der Waals surface area contributed by atoms with Crippen molar-refractivity contribution in [3.05, 3.63) is 0 Å². The largest absolute Gasteiger partial charge is 0.480 e. The van der Waals surface area contributed by atoms with Gasteiger partial charge in [0.05, 0.1) is 0 Å². The Morgan fingerprint density at radius 3 is 2.65 bits per heavy atom. The molecule has 1 atom stereocenters. The Morgan fingerprint density at radius 1 is 1.35 bits per heavy atom. The van der Waals surface area contributed by atoms with Crippen molar-refractivity contribution in [1.29, 1.82) is 0 Å².